The average Bonchev–Trinajstić information content (AvgIpc) is 2.71. The van der Waals surface area contributed by atoms with Crippen LogP contribution in [-0.4, -0.2) is 30.5 Å². The van der Waals surface area contributed by atoms with Gasteiger partial charge in [0.2, 0.25) is 5.91 Å². The van der Waals surface area contributed by atoms with Gasteiger partial charge in [0.25, 0.3) is 5.91 Å². The number of benzene rings is 1. The molecule has 2 aliphatic rings. The van der Waals surface area contributed by atoms with Gasteiger partial charge in [0.15, 0.2) is 18.2 Å². The van der Waals surface area contributed by atoms with Gasteiger partial charge in [-0.2, -0.15) is 0 Å². The molecule has 0 saturated carbocycles. The van der Waals surface area contributed by atoms with E-state index in [1.807, 2.05) is 6.92 Å². The lowest BCUT2D eigenvalue weighted by atomic mass is 9.84. The highest BCUT2D eigenvalue weighted by molar-refractivity contribution is 5.98. The number of aromatic nitrogens is 1. The van der Waals surface area contributed by atoms with E-state index in [2.05, 4.69) is 10.3 Å². The Balaban J connectivity index is 1.78. The number of rotatable bonds is 3. The lowest BCUT2D eigenvalue weighted by Crippen LogP contribution is -2.35. The largest absolute Gasteiger partial charge is 0.478 e. The smallest absolute Gasteiger partial charge is 0.264 e. The highest BCUT2D eigenvalue weighted by Gasteiger charge is 2.29. The molecule has 28 heavy (non-hydrogen) atoms. The monoisotopic (exact) mass is 383 g/mol. The molecule has 1 N–H and O–H groups in total. The second kappa shape index (κ2) is 7.22. The van der Waals surface area contributed by atoms with E-state index in [0.717, 1.165) is 30.4 Å². The quantitative estimate of drug-likeness (QED) is 0.884. The molecule has 1 aromatic carbocycles. The Labute approximate surface area is 162 Å². The summed E-state index contributed by atoms with van der Waals surface area (Å²) in [6.07, 6.45) is 6.37. The van der Waals surface area contributed by atoms with Crippen LogP contribution < -0.4 is 15.0 Å². The zero-order valence-corrected chi connectivity index (χ0v) is 15.9. The zero-order valence-electron chi connectivity index (χ0n) is 15.9. The van der Waals surface area contributed by atoms with Crippen molar-refractivity contribution in [2.24, 2.45) is 0 Å². The van der Waals surface area contributed by atoms with E-state index in [1.54, 1.807) is 31.6 Å². The Kier molecular flexibility index (Phi) is 4.75. The van der Waals surface area contributed by atoms with Gasteiger partial charge in [-0.15, -0.1) is 0 Å². The topological polar surface area (TPSA) is 71.5 Å². The molecule has 0 spiro atoms. The number of hydrogen-bond acceptors (Lipinski definition) is 4. The maximum Gasteiger partial charge on any atom is 0.264 e. The third-order valence-corrected chi connectivity index (χ3v) is 5.48. The molecule has 6 nitrogen and oxygen atoms in total. The summed E-state index contributed by atoms with van der Waals surface area (Å²) in [6.45, 7) is 1.64. The minimum absolute atomic E-state index is 0.00989. The molecule has 1 atom stereocenters. The third kappa shape index (κ3) is 3.00. The van der Waals surface area contributed by atoms with E-state index in [9.17, 15) is 9.59 Å². The van der Waals surface area contributed by atoms with E-state index < -0.39 is 5.82 Å². The van der Waals surface area contributed by atoms with Gasteiger partial charge < -0.3 is 15.0 Å². The van der Waals surface area contributed by atoms with E-state index in [0.29, 0.717) is 23.2 Å². The molecule has 0 bridgehead atoms. The number of carbonyl (C=O) groups excluding carboxylic acids is 2. The summed E-state index contributed by atoms with van der Waals surface area (Å²) < 4.78 is 20.7. The molecular weight excluding hydrogens is 361 g/mol. The highest BCUT2D eigenvalue weighted by atomic mass is 19.1. The number of nitrogens with one attached hydrogen (secondary N) is 1. The number of hydrogen-bond donors (Lipinski definition) is 1. The van der Waals surface area contributed by atoms with Crippen LogP contribution in [0.25, 0.3) is 11.1 Å². The fraction of sp³-hybridized carbons (Fsp3) is 0.381. The molecule has 146 valence electrons. The summed E-state index contributed by atoms with van der Waals surface area (Å²) >= 11 is 0. The molecule has 0 unspecified atom stereocenters. The first-order valence-electron chi connectivity index (χ1n) is 9.49. The van der Waals surface area contributed by atoms with Crippen molar-refractivity contribution >= 4 is 17.5 Å². The highest BCUT2D eigenvalue weighted by Crippen LogP contribution is 2.42. The first-order valence-corrected chi connectivity index (χ1v) is 9.49. The van der Waals surface area contributed by atoms with Gasteiger partial charge in [0, 0.05) is 37.0 Å². The fourth-order valence-corrected chi connectivity index (χ4v) is 3.92. The SMILES string of the molecule is CCC(=O)N[C@@H]1CCCc2c(-c3ccc4c(c3F)OCC(=O)N4C)cncc21. The van der Waals surface area contributed by atoms with Gasteiger partial charge >= 0.3 is 0 Å². The van der Waals surface area contributed by atoms with Gasteiger partial charge in [0.05, 0.1) is 11.7 Å². The Morgan fingerprint density at radius 2 is 2.18 bits per heavy atom. The van der Waals surface area contributed by atoms with Crippen molar-refractivity contribution in [2.45, 2.75) is 38.6 Å². The van der Waals surface area contributed by atoms with Crippen molar-refractivity contribution in [1.29, 1.82) is 0 Å². The molecular formula is C21H22FN3O3. The number of halogens is 1. The summed E-state index contributed by atoms with van der Waals surface area (Å²) in [6, 6.07) is 3.26. The molecule has 2 heterocycles. The second-order valence-electron chi connectivity index (χ2n) is 7.14. The number of pyridine rings is 1. The van der Waals surface area contributed by atoms with Crippen LogP contribution in [0.1, 0.15) is 43.4 Å². The Bertz CT molecular complexity index is 960. The van der Waals surface area contributed by atoms with E-state index in [-0.39, 0.29) is 30.2 Å². The van der Waals surface area contributed by atoms with Gasteiger partial charge in [-0.05, 0) is 42.5 Å². The van der Waals surface area contributed by atoms with Gasteiger partial charge in [-0.25, -0.2) is 4.39 Å². The Hall–Kier alpha value is -2.96. The van der Waals surface area contributed by atoms with Crippen LogP contribution in [0.3, 0.4) is 0 Å². The van der Waals surface area contributed by atoms with Crippen LogP contribution in [0.15, 0.2) is 24.5 Å². The van der Waals surface area contributed by atoms with Crippen LogP contribution >= 0.6 is 0 Å². The van der Waals surface area contributed by atoms with Crippen molar-refractivity contribution < 1.29 is 18.7 Å². The van der Waals surface area contributed by atoms with E-state index in [4.69, 9.17) is 4.74 Å². The molecule has 1 aliphatic heterocycles. The summed E-state index contributed by atoms with van der Waals surface area (Å²) in [5, 5.41) is 3.04. The predicted octanol–water partition coefficient (Wildman–Crippen LogP) is 3.15. The number of fused-ring (bicyclic) bond motifs is 2. The van der Waals surface area contributed by atoms with Crippen LogP contribution in [-0.2, 0) is 16.0 Å². The summed E-state index contributed by atoms with van der Waals surface area (Å²) in [7, 11) is 1.61. The summed E-state index contributed by atoms with van der Waals surface area (Å²) in [5.74, 6) is -0.632. The number of ether oxygens (including phenoxy) is 1. The summed E-state index contributed by atoms with van der Waals surface area (Å²) in [5.41, 5.74) is 3.46. The normalized spacial score (nSPS) is 18.2. The first-order chi connectivity index (χ1) is 13.5. The number of nitrogens with zero attached hydrogens (tertiary/aromatic N) is 2. The van der Waals surface area contributed by atoms with Crippen molar-refractivity contribution in [3.8, 4) is 16.9 Å². The molecule has 1 aliphatic carbocycles. The third-order valence-electron chi connectivity index (χ3n) is 5.48. The van der Waals surface area contributed by atoms with Gasteiger partial charge in [0.1, 0.15) is 0 Å². The first kappa shape index (κ1) is 18.4. The van der Waals surface area contributed by atoms with Crippen LogP contribution in [0.5, 0.6) is 5.75 Å². The van der Waals surface area contributed by atoms with Gasteiger partial charge in [-0.1, -0.05) is 6.92 Å². The van der Waals surface area contributed by atoms with Crippen molar-refractivity contribution in [2.75, 3.05) is 18.6 Å². The molecule has 0 saturated heterocycles. The van der Waals surface area contributed by atoms with Crippen LogP contribution in [0.4, 0.5) is 10.1 Å². The minimum atomic E-state index is -0.494. The minimum Gasteiger partial charge on any atom is -0.478 e. The maximum absolute atomic E-state index is 15.3. The van der Waals surface area contributed by atoms with E-state index in [1.165, 1.54) is 4.90 Å². The average molecular weight is 383 g/mol. The molecule has 0 radical (unpaired) electrons. The fourth-order valence-electron chi connectivity index (χ4n) is 3.92. The molecule has 7 heteroatoms. The number of anilines is 1. The van der Waals surface area contributed by atoms with Crippen molar-refractivity contribution in [3.63, 3.8) is 0 Å². The maximum atomic E-state index is 15.3. The molecule has 2 aromatic rings. The second-order valence-corrected chi connectivity index (χ2v) is 7.14. The predicted molar refractivity (Wildman–Crippen MR) is 103 cm³/mol. The van der Waals surface area contributed by atoms with E-state index >= 15 is 4.39 Å². The van der Waals surface area contributed by atoms with Crippen LogP contribution in [0.2, 0.25) is 0 Å². The Morgan fingerprint density at radius 1 is 1.36 bits per heavy atom. The molecule has 1 aromatic heterocycles. The molecule has 2 amide bonds. The standard InChI is InChI=1S/C21H22FN3O3/c1-3-18(26)24-16-6-4-5-12-14(9-23-10-15(12)16)13-7-8-17-21(20(13)22)28-11-19(27)25(17)2/h7-10,16H,3-6,11H2,1-2H3,(H,24,26)/t16-/m1/s1. The lowest BCUT2D eigenvalue weighted by Gasteiger charge is -2.29. The lowest BCUT2D eigenvalue weighted by molar-refractivity contribution is -0.122. The van der Waals surface area contributed by atoms with Gasteiger partial charge in [-0.3, -0.25) is 14.6 Å². The zero-order chi connectivity index (χ0) is 19.8. The number of likely N-dealkylation sites (N-methyl/N-ethyl adjacent to an activating group) is 1. The molecule has 0 fully saturated rings. The number of amides is 2. The molecule has 4 rings (SSSR count). The Morgan fingerprint density at radius 3 is 2.96 bits per heavy atom. The summed E-state index contributed by atoms with van der Waals surface area (Å²) in [4.78, 5) is 29.4. The van der Waals surface area contributed by atoms with Crippen LogP contribution in [0, 0.1) is 5.82 Å². The van der Waals surface area contributed by atoms with Crippen molar-refractivity contribution in [3.05, 3.63) is 41.5 Å². The van der Waals surface area contributed by atoms with Crippen molar-refractivity contribution in [1.82, 2.24) is 10.3 Å². The number of carbonyl (C=O) groups is 2.